The molecule has 1 N–H and O–H groups in total. The van der Waals surface area contributed by atoms with Gasteiger partial charge in [0.15, 0.2) is 0 Å². The number of hydrogen-bond donors (Lipinski definition) is 1. The van der Waals surface area contributed by atoms with Gasteiger partial charge in [-0.25, -0.2) is 5.43 Å². The molecule has 6 nitrogen and oxygen atoms in total. The maximum atomic E-state index is 12.1. The van der Waals surface area contributed by atoms with Gasteiger partial charge in [0.25, 0.3) is 11.6 Å². The topological polar surface area (TPSA) is 84.6 Å². The summed E-state index contributed by atoms with van der Waals surface area (Å²) >= 11 is 2.20. The maximum absolute atomic E-state index is 12.1. The summed E-state index contributed by atoms with van der Waals surface area (Å²) in [7, 11) is 0. The lowest BCUT2D eigenvalue weighted by atomic mass is 10.1. The summed E-state index contributed by atoms with van der Waals surface area (Å²) in [5.41, 5.74) is 4.59. The fraction of sp³-hybridized carbons (Fsp3) is 0.125. The molecule has 0 spiro atoms. The summed E-state index contributed by atoms with van der Waals surface area (Å²) in [6, 6.07) is 12.0. The molecule has 0 unspecified atom stereocenters. The number of carbonyl (C=O) groups is 1. The summed E-state index contributed by atoms with van der Waals surface area (Å²) in [6.45, 7) is 3.41. The van der Waals surface area contributed by atoms with Crippen molar-refractivity contribution in [1.82, 2.24) is 5.43 Å². The molecule has 23 heavy (non-hydrogen) atoms. The number of hydrogen-bond acceptors (Lipinski definition) is 4. The van der Waals surface area contributed by atoms with E-state index in [9.17, 15) is 14.9 Å². The Kier molecular flexibility index (Phi) is 5.43. The van der Waals surface area contributed by atoms with E-state index in [1.165, 1.54) is 12.1 Å². The van der Waals surface area contributed by atoms with Crippen molar-refractivity contribution in [2.45, 2.75) is 13.8 Å². The molecule has 0 atom stereocenters. The van der Waals surface area contributed by atoms with Crippen LogP contribution in [0, 0.1) is 20.6 Å². The van der Waals surface area contributed by atoms with Crippen molar-refractivity contribution in [3.63, 3.8) is 0 Å². The molecule has 7 heteroatoms. The van der Waals surface area contributed by atoms with Crippen LogP contribution in [0.1, 0.15) is 28.4 Å². The number of rotatable bonds is 4. The smallest absolute Gasteiger partial charge is 0.267 e. The van der Waals surface area contributed by atoms with Gasteiger partial charge in [0.1, 0.15) is 0 Å². The maximum Gasteiger partial charge on any atom is 0.273 e. The minimum absolute atomic E-state index is 0.0871. The van der Waals surface area contributed by atoms with Crippen LogP contribution in [0.15, 0.2) is 47.6 Å². The van der Waals surface area contributed by atoms with Crippen molar-refractivity contribution in [1.29, 1.82) is 0 Å². The van der Waals surface area contributed by atoms with Gasteiger partial charge < -0.3 is 0 Å². The van der Waals surface area contributed by atoms with Crippen LogP contribution in [0.4, 0.5) is 5.69 Å². The van der Waals surface area contributed by atoms with E-state index in [0.717, 1.165) is 9.13 Å². The molecule has 0 aliphatic rings. The molecule has 2 aromatic carbocycles. The first-order valence-electron chi connectivity index (χ1n) is 6.74. The monoisotopic (exact) mass is 423 g/mol. The van der Waals surface area contributed by atoms with Crippen LogP contribution in [0.3, 0.4) is 0 Å². The Bertz CT molecular complexity index is 803. The molecule has 0 saturated heterocycles. The molecular formula is C16H14IN3O3. The lowest BCUT2D eigenvalue weighted by Crippen LogP contribution is -2.19. The lowest BCUT2D eigenvalue weighted by molar-refractivity contribution is -0.385. The number of halogens is 1. The Morgan fingerprint density at radius 3 is 2.61 bits per heavy atom. The first-order chi connectivity index (χ1) is 10.9. The Morgan fingerprint density at radius 1 is 1.22 bits per heavy atom. The van der Waals surface area contributed by atoms with Crippen molar-refractivity contribution < 1.29 is 9.72 Å². The summed E-state index contributed by atoms with van der Waals surface area (Å²) in [4.78, 5) is 22.5. The SMILES string of the molecule is C/C(=N/NC(=O)c1ccc(C)c([N+](=O)[O-])c1)c1cccc(I)c1. The highest BCUT2D eigenvalue weighted by atomic mass is 127. The van der Waals surface area contributed by atoms with Crippen molar-refractivity contribution in [3.05, 3.63) is 72.8 Å². The number of nitrogens with zero attached hydrogens (tertiary/aromatic N) is 2. The summed E-state index contributed by atoms with van der Waals surface area (Å²) in [5.74, 6) is -0.488. The van der Waals surface area contributed by atoms with E-state index in [1.54, 1.807) is 19.9 Å². The molecule has 0 saturated carbocycles. The second-order valence-electron chi connectivity index (χ2n) is 4.91. The Balaban J connectivity index is 2.18. The minimum atomic E-state index is -0.507. The highest BCUT2D eigenvalue weighted by Gasteiger charge is 2.14. The van der Waals surface area contributed by atoms with Crippen LogP contribution in [-0.4, -0.2) is 16.5 Å². The van der Waals surface area contributed by atoms with Gasteiger partial charge in [-0.2, -0.15) is 5.10 Å². The van der Waals surface area contributed by atoms with E-state index < -0.39 is 10.8 Å². The van der Waals surface area contributed by atoms with Gasteiger partial charge in [0.2, 0.25) is 0 Å². The number of nitro groups is 1. The summed E-state index contributed by atoms with van der Waals surface area (Å²) in [5, 5.41) is 15.0. The third-order valence-corrected chi connectivity index (χ3v) is 3.91. The fourth-order valence-corrected chi connectivity index (χ4v) is 2.47. The zero-order chi connectivity index (χ0) is 17.0. The molecule has 0 aliphatic heterocycles. The number of carbonyl (C=O) groups excluding carboxylic acids is 1. The number of aryl methyl sites for hydroxylation is 1. The standard InChI is InChI=1S/C16H14IN3O3/c1-10-6-7-13(9-15(10)20(22)23)16(21)19-18-11(2)12-4-3-5-14(17)8-12/h3-9H,1-2H3,(H,19,21)/b18-11-. The van der Waals surface area contributed by atoms with Crippen LogP contribution >= 0.6 is 22.6 Å². The van der Waals surface area contributed by atoms with E-state index in [-0.39, 0.29) is 11.3 Å². The summed E-state index contributed by atoms with van der Waals surface area (Å²) < 4.78 is 1.06. The van der Waals surface area contributed by atoms with Crippen LogP contribution < -0.4 is 5.43 Å². The minimum Gasteiger partial charge on any atom is -0.267 e. The molecule has 0 fully saturated rings. The molecule has 0 radical (unpaired) electrons. The first kappa shape index (κ1) is 17.1. The van der Waals surface area contributed by atoms with Gasteiger partial charge in [0.05, 0.1) is 10.6 Å². The van der Waals surface area contributed by atoms with Crippen molar-refractivity contribution in [3.8, 4) is 0 Å². The van der Waals surface area contributed by atoms with E-state index in [4.69, 9.17) is 0 Å². The van der Waals surface area contributed by atoms with Gasteiger partial charge in [-0.1, -0.05) is 18.2 Å². The van der Waals surface area contributed by atoms with Gasteiger partial charge >= 0.3 is 0 Å². The Labute approximate surface area is 146 Å². The average Bonchev–Trinajstić information content (AvgIpc) is 2.52. The molecule has 0 bridgehead atoms. The fourth-order valence-electron chi connectivity index (χ4n) is 1.92. The zero-order valence-electron chi connectivity index (χ0n) is 12.5. The van der Waals surface area contributed by atoms with Crippen molar-refractivity contribution >= 4 is 39.9 Å². The van der Waals surface area contributed by atoms with E-state index >= 15 is 0 Å². The number of nitro benzene ring substituents is 1. The van der Waals surface area contributed by atoms with E-state index in [1.807, 2.05) is 24.3 Å². The Hall–Kier alpha value is -2.29. The largest absolute Gasteiger partial charge is 0.273 e. The molecular weight excluding hydrogens is 409 g/mol. The van der Waals surface area contributed by atoms with Crippen LogP contribution in [0.2, 0.25) is 0 Å². The molecule has 0 heterocycles. The predicted octanol–water partition coefficient (Wildman–Crippen LogP) is 3.66. The van der Waals surface area contributed by atoms with Gasteiger partial charge in [0, 0.05) is 20.8 Å². The number of hydrazone groups is 1. The number of benzene rings is 2. The normalized spacial score (nSPS) is 11.2. The Morgan fingerprint density at radius 2 is 1.96 bits per heavy atom. The molecule has 1 amide bonds. The first-order valence-corrected chi connectivity index (χ1v) is 7.82. The van der Waals surface area contributed by atoms with Crippen LogP contribution in [0.25, 0.3) is 0 Å². The van der Waals surface area contributed by atoms with Gasteiger partial charge in [-0.3, -0.25) is 14.9 Å². The van der Waals surface area contributed by atoms with E-state index in [2.05, 4.69) is 33.1 Å². The second-order valence-corrected chi connectivity index (χ2v) is 6.15. The van der Waals surface area contributed by atoms with Crippen LogP contribution in [0.5, 0.6) is 0 Å². The van der Waals surface area contributed by atoms with Crippen molar-refractivity contribution in [2.75, 3.05) is 0 Å². The lowest BCUT2D eigenvalue weighted by Gasteiger charge is -2.04. The van der Waals surface area contributed by atoms with E-state index in [0.29, 0.717) is 11.3 Å². The molecule has 2 rings (SSSR count). The average molecular weight is 423 g/mol. The zero-order valence-corrected chi connectivity index (χ0v) is 14.7. The van der Waals surface area contributed by atoms with Crippen molar-refractivity contribution in [2.24, 2.45) is 5.10 Å². The molecule has 2 aromatic rings. The third-order valence-electron chi connectivity index (χ3n) is 3.24. The highest BCUT2D eigenvalue weighted by Crippen LogP contribution is 2.19. The second kappa shape index (κ2) is 7.32. The highest BCUT2D eigenvalue weighted by molar-refractivity contribution is 14.1. The summed E-state index contributed by atoms with van der Waals surface area (Å²) in [6.07, 6.45) is 0. The predicted molar refractivity (Wildman–Crippen MR) is 96.7 cm³/mol. The van der Waals surface area contributed by atoms with Crippen LogP contribution in [-0.2, 0) is 0 Å². The molecule has 0 aromatic heterocycles. The van der Waals surface area contributed by atoms with Gasteiger partial charge in [-0.15, -0.1) is 0 Å². The van der Waals surface area contributed by atoms with Gasteiger partial charge in [-0.05, 0) is 60.2 Å². The third kappa shape index (κ3) is 4.35. The quantitative estimate of drug-likeness (QED) is 0.353. The number of amides is 1. The molecule has 118 valence electrons. The molecule has 0 aliphatic carbocycles. The number of nitrogens with one attached hydrogen (secondary N) is 1.